The Morgan fingerprint density at radius 2 is 1.92 bits per heavy atom. The molecule has 0 atom stereocenters. The summed E-state index contributed by atoms with van der Waals surface area (Å²) in [5.41, 5.74) is 0.932. The molecule has 6 heteroatoms. The largest absolute Gasteiger partial charge is 0.465 e. The van der Waals surface area contributed by atoms with Gasteiger partial charge in [-0.2, -0.15) is 0 Å². The average molecular weight is 333 g/mol. The van der Waals surface area contributed by atoms with Crippen molar-refractivity contribution in [3.8, 4) is 0 Å². The fraction of sp³-hybridized carbons (Fsp3) is 0. The average Bonchev–Trinajstić information content (AvgIpc) is 3.15. The molecular weight excluding hydrogens is 318 g/mol. The number of carbonyl (C=O) groups is 2. The predicted octanol–water partition coefficient (Wildman–Crippen LogP) is 3.58. The van der Waals surface area contributed by atoms with E-state index in [4.69, 9.17) is 4.42 Å². The Labute approximate surface area is 144 Å². The monoisotopic (exact) mass is 333 g/mol. The second-order valence-corrected chi connectivity index (χ2v) is 5.09. The van der Waals surface area contributed by atoms with Gasteiger partial charge in [0, 0.05) is 23.5 Å². The van der Waals surface area contributed by atoms with Gasteiger partial charge in [0.15, 0.2) is 0 Å². The van der Waals surface area contributed by atoms with E-state index in [9.17, 15) is 9.59 Å². The number of aromatic nitrogens is 1. The highest BCUT2D eigenvalue weighted by molar-refractivity contribution is 6.06. The zero-order valence-corrected chi connectivity index (χ0v) is 13.2. The maximum Gasteiger partial charge on any atom is 0.256 e. The molecule has 2 amide bonds. The van der Waals surface area contributed by atoms with Crippen LogP contribution in [0.25, 0.3) is 6.08 Å². The van der Waals surface area contributed by atoms with Gasteiger partial charge in [-0.25, -0.2) is 4.98 Å². The Balaban J connectivity index is 1.64. The second-order valence-electron chi connectivity index (χ2n) is 5.09. The fourth-order valence-corrected chi connectivity index (χ4v) is 2.09. The number of nitrogens with one attached hydrogen (secondary N) is 2. The van der Waals surface area contributed by atoms with Crippen LogP contribution < -0.4 is 10.6 Å². The Morgan fingerprint density at radius 3 is 2.68 bits per heavy atom. The van der Waals surface area contributed by atoms with Crippen LogP contribution in [0.2, 0.25) is 0 Å². The summed E-state index contributed by atoms with van der Waals surface area (Å²) in [5, 5.41) is 5.39. The van der Waals surface area contributed by atoms with Gasteiger partial charge in [0.1, 0.15) is 11.6 Å². The van der Waals surface area contributed by atoms with Crippen molar-refractivity contribution in [3.05, 3.63) is 84.5 Å². The van der Waals surface area contributed by atoms with Crippen LogP contribution >= 0.6 is 0 Å². The lowest BCUT2D eigenvalue weighted by Gasteiger charge is -2.07. The van der Waals surface area contributed by atoms with Crippen LogP contribution in [-0.4, -0.2) is 16.8 Å². The van der Waals surface area contributed by atoms with E-state index in [2.05, 4.69) is 15.6 Å². The van der Waals surface area contributed by atoms with Crippen molar-refractivity contribution < 1.29 is 14.0 Å². The molecule has 3 rings (SSSR count). The number of rotatable bonds is 5. The molecule has 2 heterocycles. The number of pyridine rings is 1. The maximum atomic E-state index is 12.2. The highest BCUT2D eigenvalue weighted by Crippen LogP contribution is 2.13. The lowest BCUT2D eigenvalue weighted by atomic mass is 10.2. The molecule has 2 N–H and O–H groups in total. The number of hydrogen-bond acceptors (Lipinski definition) is 4. The third kappa shape index (κ3) is 4.65. The van der Waals surface area contributed by atoms with Crippen LogP contribution in [0.5, 0.6) is 0 Å². The first-order valence-corrected chi connectivity index (χ1v) is 7.56. The molecule has 25 heavy (non-hydrogen) atoms. The van der Waals surface area contributed by atoms with E-state index in [0.717, 1.165) is 0 Å². The van der Waals surface area contributed by atoms with E-state index >= 15 is 0 Å². The summed E-state index contributed by atoms with van der Waals surface area (Å²) in [6.07, 6.45) is 6.05. The van der Waals surface area contributed by atoms with Crippen LogP contribution in [0.4, 0.5) is 11.5 Å². The minimum Gasteiger partial charge on any atom is -0.465 e. The quantitative estimate of drug-likeness (QED) is 0.699. The van der Waals surface area contributed by atoms with E-state index in [1.54, 1.807) is 66.9 Å². The van der Waals surface area contributed by atoms with Gasteiger partial charge < -0.3 is 15.1 Å². The molecule has 2 aromatic heterocycles. The standard InChI is InChI=1S/C19H15N3O3/c23-18(10-9-16-7-4-12-25-16)21-15-6-3-5-14(13-15)19(24)22-17-8-1-2-11-20-17/h1-13H,(H,21,23)(H,20,22,24)/b10-9-. The molecule has 0 aliphatic carbocycles. The third-order valence-corrected chi connectivity index (χ3v) is 3.24. The Morgan fingerprint density at radius 1 is 1.00 bits per heavy atom. The minimum atomic E-state index is -0.321. The van der Waals surface area contributed by atoms with Gasteiger partial charge in [-0.05, 0) is 48.5 Å². The van der Waals surface area contributed by atoms with E-state index in [1.807, 2.05) is 0 Å². The zero-order chi connectivity index (χ0) is 17.5. The number of furan rings is 1. The van der Waals surface area contributed by atoms with E-state index in [1.165, 1.54) is 12.3 Å². The summed E-state index contributed by atoms with van der Waals surface area (Å²) >= 11 is 0. The highest BCUT2D eigenvalue weighted by atomic mass is 16.3. The van der Waals surface area contributed by atoms with Gasteiger partial charge in [-0.15, -0.1) is 0 Å². The summed E-state index contributed by atoms with van der Waals surface area (Å²) in [4.78, 5) is 28.2. The molecule has 0 aliphatic heterocycles. The number of anilines is 2. The van der Waals surface area contributed by atoms with Crippen LogP contribution in [-0.2, 0) is 4.79 Å². The normalized spacial score (nSPS) is 10.6. The smallest absolute Gasteiger partial charge is 0.256 e. The van der Waals surface area contributed by atoms with Crippen molar-refractivity contribution in [1.29, 1.82) is 0 Å². The molecule has 0 saturated carbocycles. The topological polar surface area (TPSA) is 84.2 Å². The molecule has 0 fully saturated rings. The van der Waals surface area contributed by atoms with E-state index in [-0.39, 0.29) is 11.8 Å². The van der Waals surface area contributed by atoms with E-state index < -0.39 is 0 Å². The van der Waals surface area contributed by atoms with Crippen molar-refractivity contribution in [3.63, 3.8) is 0 Å². The van der Waals surface area contributed by atoms with Crippen LogP contribution in [0, 0.1) is 0 Å². The summed E-state index contributed by atoms with van der Waals surface area (Å²) in [6, 6.07) is 15.4. The highest BCUT2D eigenvalue weighted by Gasteiger charge is 2.08. The summed E-state index contributed by atoms with van der Waals surface area (Å²) in [5.74, 6) is 0.418. The number of carbonyl (C=O) groups excluding carboxylic acids is 2. The van der Waals surface area contributed by atoms with Crippen LogP contribution in [0.1, 0.15) is 16.1 Å². The third-order valence-electron chi connectivity index (χ3n) is 3.24. The van der Waals surface area contributed by atoms with Crippen LogP contribution in [0.15, 0.2) is 77.6 Å². The first-order valence-electron chi connectivity index (χ1n) is 7.56. The number of benzene rings is 1. The van der Waals surface area contributed by atoms with Crippen molar-refractivity contribution in [2.75, 3.05) is 10.6 Å². The predicted molar refractivity (Wildman–Crippen MR) is 95.0 cm³/mol. The van der Waals surface area contributed by atoms with Crippen molar-refractivity contribution in [1.82, 2.24) is 4.98 Å². The lowest BCUT2D eigenvalue weighted by Crippen LogP contribution is -2.14. The van der Waals surface area contributed by atoms with E-state index in [0.29, 0.717) is 22.8 Å². The van der Waals surface area contributed by atoms with Gasteiger partial charge in [-0.1, -0.05) is 12.1 Å². The Bertz CT molecular complexity index is 887. The Hall–Kier alpha value is -3.67. The van der Waals surface area contributed by atoms with Crippen molar-refractivity contribution in [2.45, 2.75) is 0 Å². The van der Waals surface area contributed by atoms with Crippen molar-refractivity contribution >= 4 is 29.4 Å². The second kappa shape index (κ2) is 7.74. The number of hydrogen-bond donors (Lipinski definition) is 2. The van der Waals surface area contributed by atoms with Gasteiger partial charge in [0.05, 0.1) is 6.26 Å². The molecule has 0 bridgehead atoms. The number of amides is 2. The molecule has 124 valence electrons. The molecule has 6 nitrogen and oxygen atoms in total. The van der Waals surface area contributed by atoms with Crippen molar-refractivity contribution in [2.24, 2.45) is 0 Å². The summed E-state index contributed by atoms with van der Waals surface area (Å²) < 4.78 is 5.12. The van der Waals surface area contributed by atoms with Gasteiger partial charge in [0.2, 0.25) is 5.91 Å². The molecule has 0 unspecified atom stereocenters. The molecule has 0 spiro atoms. The maximum absolute atomic E-state index is 12.2. The summed E-state index contributed by atoms with van der Waals surface area (Å²) in [6.45, 7) is 0. The first-order chi connectivity index (χ1) is 12.2. The SMILES string of the molecule is O=C(/C=C\c1ccco1)Nc1cccc(C(=O)Nc2ccccn2)c1. The molecule has 0 aliphatic rings. The minimum absolute atomic E-state index is 0.305. The van der Waals surface area contributed by atoms with Crippen LogP contribution in [0.3, 0.4) is 0 Å². The Kier molecular flexibility index (Phi) is 5.01. The van der Waals surface area contributed by atoms with Gasteiger partial charge in [0.25, 0.3) is 5.91 Å². The molecule has 0 saturated heterocycles. The number of nitrogens with zero attached hydrogens (tertiary/aromatic N) is 1. The molecule has 0 radical (unpaired) electrons. The zero-order valence-electron chi connectivity index (χ0n) is 13.2. The molecular formula is C19H15N3O3. The fourth-order valence-electron chi connectivity index (χ4n) is 2.09. The molecule has 1 aromatic carbocycles. The molecule has 3 aromatic rings. The first kappa shape index (κ1) is 16.2. The summed E-state index contributed by atoms with van der Waals surface area (Å²) in [7, 11) is 0. The van der Waals surface area contributed by atoms with Gasteiger partial charge >= 0.3 is 0 Å². The van der Waals surface area contributed by atoms with Gasteiger partial charge in [-0.3, -0.25) is 9.59 Å². The lowest BCUT2D eigenvalue weighted by molar-refractivity contribution is -0.111.